The molecule has 0 aliphatic heterocycles. The van der Waals surface area contributed by atoms with Crippen LogP contribution in [0.3, 0.4) is 0 Å². The SMILES string of the molecule is C=C/C=C\C(=C(/C)[C@H]1CC[C@H](Nc2cc(F)c(S(=O)(=O)Nc3ccncn3)cc2Cl)[C@@H](N(C)C)C1)C(F)(F)F. The van der Waals surface area contributed by atoms with E-state index in [-0.39, 0.29) is 40.1 Å². The van der Waals surface area contributed by atoms with Gasteiger partial charge in [0.1, 0.15) is 22.9 Å². The molecule has 1 aliphatic rings. The molecular formula is C26H30ClF4N5O2S. The Kier molecular flexibility index (Phi) is 9.78. The molecule has 0 bridgehead atoms. The van der Waals surface area contributed by atoms with Crippen molar-refractivity contribution in [2.75, 3.05) is 24.1 Å². The number of likely N-dealkylation sites (N-methyl/N-ethyl adjacent to an activating group) is 1. The smallest absolute Gasteiger partial charge is 0.379 e. The second kappa shape index (κ2) is 12.5. The molecule has 1 saturated carbocycles. The highest BCUT2D eigenvalue weighted by molar-refractivity contribution is 7.92. The van der Waals surface area contributed by atoms with Crippen molar-refractivity contribution in [3.63, 3.8) is 0 Å². The number of hydrogen-bond donors (Lipinski definition) is 2. The number of hydrogen-bond acceptors (Lipinski definition) is 6. The first kappa shape index (κ1) is 30.6. The van der Waals surface area contributed by atoms with Gasteiger partial charge in [-0.05, 0) is 64.4 Å². The molecule has 0 radical (unpaired) electrons. The minimum atomic E-state index is -4.50. The molecule has 3 rings (SSSR count). The van der Waals surface area contributed by atoms with Crippen molar-refractivity contribution < 1.29 is 26.0 Å². The lowest BCUT2D eigenvalue weighted by atomic mass is 9.77. The number of benzene rings is 1. The van der Waals surface area contributed by atoms with E-state index in [1.165, 1.54) is 31.3 Å². The van der Waals surface area contributed by atoms with Gasteiger partial charge in [0.05, 0.1) is 16.3 Å². The Bertz CT molecular complexity index is 1350. The number of nitrogens with one attached hydrogen (secondary N) is 2. The average Bonchev–Trinajstić information content (AvgIpc) is 2.85. The van der Waals surface area contributed by atoms with Crippen LogP contribution in [0.4, 0.5) is 29.1 Å². The summed E-state index contributed by atoms with van der Waals surface area (Å²) in [5.74, 6) is -1.39. The summed E-state index contributed by atoms with van der Waals surface area (Å²) in [7, 11) is -0.690. The monoisotopic (exact) mass is 587 g/mol. The normalized spacial score (nSPS) is 21.1. The van der Waals surface area contributed by atoms with Crippen LogP contribution in [0.2, 0.25) is 5.02 Å². The largest absolute Gasteiger partial charge is 0.416 e. The van der Waals surface area contributed by atoms with E-state index in [0.717, 1.165) is 24.5 Å². The van der Waals surface area contributed by atoms with Crippen molar-refractivity contribution in [2.45, 2.75) is 49.3 Å². The van der Waals surface area contributed by atoms with Crippen LogP contribution in [0.25, 0.3) is 0 Å². The van der Waals surface area contributed by atoms with Crippen LogP contribution >= 0.6 is 11.6 Å². The molecule has 0 unspecified atom stereocenters. The van der Waals surface area contributed by atoms with Crippen LogP contribution in [-0.4, -0.2) is 55.6 Å². The number of aromatic nitrogens is 2. The summed E-state index contributed by atoms with van der Waals surface area (Å²) in [5, 5.41) is 3.16. The fourth-order valence-corrected chi connectivity index (χ4v) is 6.08. The highest BCUT2D eigenvalue weighted by atomic mass is 35.5. The zero-order valence-electron chi connectivity index (χ0n) is 21.6. The number of halogens is 5. The van der Waals surface area contributed by atoms with Crippen molar-refractivity contribution in [3.05, 3.63) is 77.5 Å². The van der Waals surface area contributed by atoms with Gasteiger partial charge < -0.3 is 10.2 Å². The van der Waals surface area contributed by atoms with Gasteiger partial charge in [-0.25, -0.2) is 22.8 Å². The molecular weight excluding hydrogens is 558 g/mol. The first-order valence-corrected chi connectivity index (χ1v) is 13.9. The Morgan fingerprint density at radius 3 is 2.56 bits per heavy atom. The third-order valence-electron chi connectivity index (χ3n) is 6.69. The molecule has 2 aromatic rings. The van der Waals surface area contributed by atoms with Gasteiger partial charge in [-0.1, -0.05) is 42.0 Å². The van der Waals surface area contributed by atoms with E-state index < -0.39 is 32.5 Å². The standard InChI is InChI=1S/C26H30ClF4N5O2S/c1-5-6-7-18(26(29,30)31)16(2)17-8-9-21(23(12-17)36(3)4)34-22-14-20(28)24(13-19(22)27)39(37,38)35-25-10-11-32-15-33-25/h5-7,10-11,13-15,17,21,23,34H,1,8-9,12H2,2-4H3,(H,32,33,35)/b7-6-,18-16-/t17-,21-,23-/m0/s1. The summed E-state index contributed by atoms with van der Waals surface area (Å²) >= 11 is 6.37. The third-order valence-corrected chi connectivity index (χ3v) is 8.38. The first-order chi connectivity index (χ1) is 18.2. The zero-order chi connectivity index (χ0) is 29.0. The van der Waals surface area contributed by atoms with Crippen LogP contribution in [0.1, 0.15) is 26.2 Å². The van der Waals surface area contributed by atoms with E-state index in [2.05, 4.69) is 26.6 Å². The molecule has 2 N–H and O–H groups in total. The molecule has 7 nitrogen and oxygen atoms in total. The molecule has 39 heavy (non-hydrogen) atoms. The lowest BCUT2D eigenvalue weighted by Gasteiger charge is -2.41. The van der Waals surface area contributed by atoms with Crippen LogP contribution in [0.15, 0.2) is 71.6 Å². The van der Waals surface area contributed by atoms with E-state index in [1.807, 2.05) is 19.0 Å². The van der Waals surface area contributed by atoms with E-state index in [9.17, 15) is 21.6 Å². The second-order valence-electron chi connectivity index (χ2n) is 9.44. The van der Waals surface area contributed by atoms with E-state index in [0.29, 0.717) is 19.3 Å². The van der Waals surface area contributed by atoms with E-state index in [4.69, 9.17) is 11.6 Å². The summed E-state index contributed by atoms with van der Waals surface area (Å²) < 4.78 is 83.8. The molecule has 212 valence electrons. The van der Waals surface area contributed by atoms with Crippen molar-refractivity contribution in [2.24, 2.45) is 5.92 Å². The summed E-state index contributed by atoms with van der Waals surface area (Å²) in [6, 6.07) is 2.84. The maximum atomic E-state index is 15.0. The summed E-state index contributed by atoms with van der Waals surface area (Å²) in [4.78, 5) is 8.72. The second-order valence-corrected chi connectivity index (χ2v) is 11.5. The van der Waals surface area contributed by atoms with Gasteiger partial charge in [0, 0.05) is 18.3 Å². The van der Waals surface area contributed by atoms with Gasteiger partial charge in [-0.3, -0.25) is 4.72 Å². The van der Waals surface area contributed by atoms with Crippen LogP contribution in [0.5, 0.6) is 0 Å². The van der Waals surface area contributed by atoms with Crippen LogP contribution in [0, 0.1) is 11.7 Å². The van der Waals surface area contributed by atoms with Crippen molar-refractivity contribution in [1.82, 2.24) is 14.9 Å². The number of sulfonamides is 1. The van der Waals surface area contributed by atoms with Gasteiger partial charge in [0.25, 0.3) is 10.0 Å². The predicted molar refractivity (Wildman–Crippen MR) is 145 cm³/mol. The fourth-order valence-electron chi connectivity index (χ4n) is 4.70. The third kappa shape index (κ3) is 7.58. The number of anilines is 2. The van der Waals surface area contributed by atoms with E-state index in [1.54, 1.807) is 0 Å². The Hall–Kier alpha value is -2.96. The predicted octanol–water partition coefficient (Wildman–Crippen LogP) is 6.20. The molecule has 1 fully saturated rings. The van der Waals surface area contributed by atoms with Crippen LogP contribution in [-0.2, 0) is 10.0 Å². The molecule has 1 aromatic carbocycles. The topological polar surface area (TPSA) is 87.2 Å². The zero-order valence-corrected chi connectivity index (χ0v) is 23.2. The van der Waals surface area contributed by atoms with Gasteiger partial charge in [-0.15, -0.1) is 0 Å². The molecule has 3 atom stereocenters. The number of rotatable bonds is 9. The van der Waals surface area contributed by atoms with Crippen molar-refractivity contribution in [1.29, 1.82) is 0 Å². The van der Waals surface area contributed by atoms with Crippen LogP contribution < -0.4 is 10.0 Å². The number of nitrogens with zero attached hydrogens (tertiary/aromatic N) is 3. The summed E-state index contributed by atoms with van der Waals surface area (Å²) in [6.45, 7) is 4.95. The number of alkyl halides is 3. The Morgan fingerprint density at radius 1 is 1.26 bits per heavy atom. The Labute approximate surface area is 230 Å². The van der Waals surface area contributed by atoms with Gasteiger partial charge in [-0.2, -0.15) is 13.2 Å². The average molecular weight is 588 g/mol. The maximum absolute atomic E-state index is 15.0. The summed E-state index contributed by atoms with van der Waals surface area (Å²) in [5.41, 5.74) is -0.253. The summed E-state index contributed by atoms with van der Waals surface area (Å²) in [6.07, 6.45) is 2.95. The maximum Gasteiger partial charge on any atom is 0.416 e. The minimum absolute atomic E-state index is 0.0240. The van der Waals surface area contributed by atoms with Crippen molar-refractivity contribution in [3.8, 4) is 0 Å². The molecule has 0 spiro atoms. The van der Waals surface area contributed by atoms with Gasteiger partial charge >= 0.3 is 6.18 Å². The molecule has 1 aromatic heterocycles. The van der Waals surface area contributed by atoms with Gasteiger partial charge in [0.2, 0.25) is 0 Å². The fraction of sp³-hybridized carbons (Fsp3) is 0.385. The quantitative estimate of drug-likeness (QED) is 0.268. The molecule has 1 aliphatic carbocycles. The first-order valence-electron chi connectivity index (χ1n) is 12.0. The van der Waals surface area contributed by atoms with Crippen molar-refractivity contribution >= 4 is 33.1 Å². The Balaban J connectivity index is 1.84. The highest BCUT2D eigenvalue weighted by Crippen LogP contribution is 2.40. The molecule has 0 amide bonds. The molecule has 13 heteroatoms. The Morgan fingerprint density at radius 2 is 1.97 bits per heavy atom. The van der Waals surface area contributed by atoms with E-state index >= 15 is 4.39 Å². The minimum Gasteiger partial charge on any atom is -0.379 e. The number of allylic oxidation sites excluding steroid dienone is 5. The molecule has 0 saturated heterocycles. The van der Waals surface area contributed by atoms with Gasteiger partial charge in [0.15, 0.2) is 0 Å². The lowest BCUT2D eigenvalue weighted by molar-refractivity contribution is -0.0896. The lowest BCUT2D eigenvalue weighted by Crippen LogP contribution is -2.48. The molecule has 1 heterocycles. The highest BCUT2D eigenvalue weighted by Gasteiger charge is 2.38.